The van der Waals surface area contributed by atoms with Crippen LogP contribution in [0.4, 0.5) is 16.2 Å². The molecule has 1 aromatic heterocycles. The third-order valence-corrected chi connectivity index (χ3v) is 4.63. The Balaban J connectivity index is 1.46. The summed E-state index contributed by atoms with van der Waals surface area (Å²) < 4.78 is 4.99. The minimum atomic E-state index is -0.665. The number of pyridine rings is 1. The molecule has 0 spiro atoms. The van der Waals surface area contributed by atoms with Crippen LogP contribution in [0.2, 0.25) is 0 Å². The molecule has 0 bridgehead atoms. The molecule has 148 valence electrons. The van der Waals surface area contributed by atoms with Gasteiger partial charge in [-0.1, -0.05) is 18.2 Å². The summed E-state index contributed by atoms with van der Waals surface area (Å²) in [5.74, 6) is 0.164. The minimum absolute atomic E-state index is 0.233. The van der Waals surface area contributed by atoms with Gasteiger partial charge in [0.2, 0.25) is 11.8 Å². The van der Waals surface area contributed by atoms with Crippen LogP contribution >= 0.6 is 0 Å². The summed E-state index contributed by atoms with van der Waals surface area (Å²) in [5.41, 5.74) is 1.70. The largest absolute Gasteiger partial charge is 0.481 e. The van der Waals surface area contributed by atoms with E-state index in [9.17, 15) is 9.59 Å². The topological polar surface area (TPSA) is 86.8 Å². The molecular weight excluding hydrogens is 358 g/mol. The molecule has 1 aliphatic rings. The van der Waals surface area contributed by atoms with Gasteiger partial charge in [-0.15, -0.1) is 0 Å². The Morgan fingerprint density at radius 1 is 1.07 bits per heavy atom. The second kappa shape index (κ2) is 9.07. The molecule has 8 nitrogen and oxygen atoms in total. The van der Waals surface area contributed by atoms with Crippen molar-refractivity contribution in [3.8, 4) is 5.88 Å². The Morgan fingerprint density at radius 2 is 1.79 bits per heavy atom. The molecule has 0 radical (unpaired) electrons. The number of anilines is 2. The van der Waals surface area contributed by atoms with E-state index in [-0.39, 0.29) is 11.9 Å². The fraction of sp³-hybridized carbons (Fsp3) is 0.350. The SMILES string of the molecule is COc1ccc(NC(=O)[C@H](C)NC(=O)N2CCN(c3ccccc3)CC2)cn1. The first-order valence-electron chi connectivity index (χ1n) is 9.23. The van der Waals surface area contributed by atoms with E-state index in [1.165, 1.54) is 13.3 Å². The van der Waals surface area contributed by atoms with E-state index in [4.69, 9.17) is 4.74 Å². The second-order valence-electron chi connectivity index (χ2n) is 6.56. The Bertz CT molecular complexity index is 789. The molecule has 0 aliphatic carbocycles. The van der Waals surface area contributed by atoms with Crippen LogP contribution in [0.25, 0.3) is 0 Å². The Kier molecular flexibility index (Phi) is 6.31. The first kappa shape index (κ1) is 19.5. The van der Waals surface area contributed by atoms with Gasteiger partial charge in [-0.25, -0.2) is 9.78 Å². The summed E-state index contributed by atoms with van der Waals surface area (Å²) in [4.78, 5) is 32.8. The van der Waals surface area contributed by atoms with E-state index in [0.717, 1.165) is 18.8 Å². The number of urea groups is 1. The van der Waals surface area contributed by atoms with Crippen LogP contribution in [0.1, 0.15) is 6.92 Å². The van der Waals surface area contributed by atoms with Gasteiger partial charge in [0, 0.05) is 37.9 Å². The maximum Gasteiger partial charge on any atom is 0.318 e. The number of hydrogen-bond donors (Lipinski definition) is 2. The number of carbonyl (C=O) groups is 2. The molecule has 1 fully saturated rings. The zero-order valence-corrected chi connectivity index (χ0v) is 16.1. The van der Waals surface area contributed by atoms with E-state index in [1.54, 1.807) is 24.0 Å². The van der Waals surface area contributed by atoms with E-state index in [1.807, 2.05) is 18.2 Å². The maximum atomic E-state index is 12.5. The molecule has 2 aromatic rings. The maximum absolute atomic E-state index is 12.5. The summed E-state index contributed by atoms with van der Waals surface area (Å²) in [6.45, 7) is 4.39. The average molecular weight is 383 g/mol. The quantitative estimate of drug-likeness (QED) is 0.824. The van der Waals surface area contributed by atoms with Gasteiger partial charge in [-0.05, 0) is 25.1 Å². The highest BCUT2D eigenvalue weighted by Crippen LogP contribution is 2.15. The van der Waals surface area contributed by atoms with Crippen LogP contribution < -0.4 is 20.3 Å². The van der Waals surface area contributed by atoms with Gasteiger partial charge in [0.1, 0.15) is 6.04 Å². The fourth-order valence-corrected chi connectivity index (χ4v) is 2.97. The first-order chi connectivity index (χ1) is 13.6. The predicted molar refractivity (Wildman–Crippen MR) is 108 cm³/mol. The number of carbonyl (C=O) groups excluding carboxylic acids is 2. The van der Waals surface area contributed by atoms with E-state index in [0.29, 0.717) is 24.7 Å². The Labute approximate surface area is 164 Å². The molecule has 1 aromatic carbocycles. The zero-order chi connectivity index (χ0) is 19.9. The monoisotopic (exact) mass is 383 g/mol. The first-order valence-corrected chi connectivity index (χ1v) is 9.23. The minimum Gasteiger partial charge on any atom is -0.481 e. The van der Waals surface area contributed by atoms with Crippen molar-refractivity contribution in [2.24, 2.45) is 0 Å². The highest BCUT2D eigenvalue weighted by molar-refractivity contribution is 5.96. The number of amides is 3. The van der Waals surface area contributed by atoms with Crippen molar-refractivity contribution < 1.29 is 14.3 Å². The number of aromatic nitrogens is 1. The van der Waals surface area contributed by atoms with Gasteiger partial charge in [0.05, 0.1) is 19.0 Å². The fourth-order valence-electron chi connectivity index (χ4n) is 2.97. The molecule has 8 heteroatoms. The molecule has 2 N–H and O–H groups in total. The van der Waals surface area contributed by atoms with Gasteiger partial charge in [0.15, 0.2) is 0 Å². The lowest BCUT2D eigenvalue weighted by atomic mass is 10.2. The van der Waals surface area contributed by atoms with Gasteiger partial charge >= 0.3 is 6.03 Å². The van der Waals surface area contributed by atoms with Crippen molar-refractivity contribution in [1.29, 1.82) is 0 Å². The average Bonchev–Trinajstić information content (AvgIpc) is 2.75. The summed E-state index contributed by atoms with van der Waals surface area (Å²) in [6.07, 6.45) is 1.51. The smallest absolute Gasteiger partial charge is 0.318 e. The van der Waals surface area contributed by atoms with Crippen molar-refractivity contribution in [1.82, 2.24) is 15.2 Å². The van der Waals surface area contributed by atoms with Gasteiger partial charge in [0.25, 0.3) is 0 Å². The summed E-state index contributed by atoms with van der Waals surface area (Å²) >= 11 is 0. The third-order valence-electron chi connectivity index (χ3n) is 4.63. The highest BCUT2D eigenvalue weighted by Gasteiger charge is 2.24. The lowest BCUT2D eigenvalue weighted by Gasteiger charge is -2.36. The number of hydrogen-bond acceptors (Lipinski definition) is 5. The molecule has 1 atom stereocenters. The third kappa shape index (κ3) is 4.91. The number of nitrogens with one attached hydrogen (secondary N) is 2. The summed E-state index contributed by atoms with van der Waals surface area (Å²) in [5, 5.41) is 5.49. The van der Waals surface area contributed by atoms with Crippen LogP contribution in [0.3, 0.4) is 0 Å². The number of ether oxygens (including phenoxy) is 1. The van der Waals surface area contributed by atoms with E-state index < -0.39 is 6.04 Å². The molecule has 2 heterocycles. The van der Waals surface area contributed by atoms with Crippen LogP contribution in [-0.2, 0) is 4.79 Å². The van der Waals surface area contributed by atoms with Crippen molar-refractivity contribution in [3.05, 3.63) is 48.7 Å². The number of piperazine rings is 1. The van der Waals surface area contributed by atoms with Crippen LogP contribution in [-0.4, -0.2) is 61.2 Å². The standard InChI is InChI=1S/C20H25N5O3/c1-15(19(26)23-16-8-9-18(28-2)21-14-16)22-20(27)25-12-10-24(11-13-25)17-6-4-3-5-7-17/h3-9,14-15H,10-13H2,1-2H3,(H,22,27)(H,23,26)/t15-/m0/s1. The normalized spacial score (nSPS) is 14.9. The van der Waals surface area contributed by atoms with Gasteiger partial charge in [-0.3, -0.25) is 4.79 Å². The molecule has 0 saturated carbocycles. The van der Waals surface area contributed by atoms with Crippen molar-refractivity contribution in [2.75, 3.05) is 43.5 Å². The Hall–Kier alpha value is -3.29. The predicted octanol–water partition coefficient (Wildman–Crippen LogP) is 1.95. The lowest BCUT2D eigenvalue weighted by Crippen LogP contribution is -2.54. The number of rotatable bonds is 5. The molecular formula is C20H25N5O3. The highest BCUT2D eigenvalue weighted by atomic mass is 16.5. The molecule has 3 amide bonds. The molecule has 1 saturated heterocycles. The van der Waals surface area contributed by atoms with E-state index >= 15 is 0 Å². The summed E-state index contributed by atoms with van der Waals surface area (Å²) in [7, 11) is 1.53. The molecule has 28 heavy (non-hydrogen) atoms. The van der Waals surface area contributed by atoms with Gasteiger partial charge in [-0.2, -0.15) is 0 Å². The van der Waals surface area contributed by atoms with Crippen LogP contribution in [0.15, 0.2) is 48.7 Å². The number of nitrogens with zero attached hydrogens (tertiary/aromatic N) is 3. The molecule has 1 aliphatic heterocycles. The number of para-hydroxylation sites is 1. The number of methoxy groups -OCH3 is 1. The summed E-state index contributed by atoms with van der Waals surface area (Å²) in [6, 6.07) is 12.6. The lowest BCUT2D eigenvalue weighted by molar-refractivity contribution is -0.117. The van der Waals surface area contributed by atoms with E-state index in [2.05, 4.69) is 32.7 Å². The number of benzene rings is 1. The Morgan fingerprint density at radius 3 is 2.39 bits per heavy atom. The molecule has 3 rings (SSSR count). The van der Waals surface area contributed by atoms with Crippen molar-refractivity contribution in [2.45, 2.75) is 13.0 Å². The van der Waals surface area contributed by atoms with Crippen LogP contribution in [0.5, 0.6) is 5.88 Å². The van der Waals surface area contributed by atoms with Crippen molar-refractivity contribution >= 4 is 23.3 Å². The second-order valence-corrected chi connectivity index (χ2v) is 6.56. The van der Waals surface area contributed by atoms with Gasteiger partial charge < -0.3 is 25.2 Å². The zero-order valence-electron chi connectivity index (χ0n) is 16.1. The molecule has 0 unspecified atom stereocenters. The van der Waals surface area contributed by atoms with Crippen LogP contribution in [0, 0.1) is 0 Å². The van der Waals surface area contributed by atoms with Crippen molar-refractivity contribution in [3.63, 3.8) is 0 Å².